The molecule has 1 aromatic heterocycles. The molecule has 0 unspecified atom stereocenters. The number of methoxy groups -OCH3 is 1. The molecule has 4 aromatic rings. The summed E-state index contributed by atoms with van der Waals surface area (Å²) in [5.74, 6) is 1.22. The van der Waals surface area contributed by atoms with Crippen LogP contribution in [0.25, 0.3) is 11.0 Å². The molecule has 6 nitrogen and oxygen atoms in total. The number of hydrogen-bond donors (Lipinski definition) is 2. The molecule has 3 aromatic carbocycles. The maximum Gasteiger partial charge on any atom is 0.255 e. The molecule has 160 valence electrons. The topological polar surface area (TPSA) is 68.2 Å². The Morgan fingerprint density at radius 3 is 2.62 bits per heavy atom. The highest BCUT2D eigenvalue weighted by molar-refractivity contribution is 6.30. The quantitative estimate of drug-likeness (QED) is 0.428. The normalized spacial score (nSPS) is 15.3. The smallest absolute Gasteiger partial charge is 0.255 e. The van der Waals surface area contributed by atoms with Crippen molar-refractivity contribution in [3.05, 3.63) is 94.7 Å². The first kappa shape index (κ1) is 20.2. The van der Waals surface area contributed by atoms with E-state index in [1.165, 1.54) is 0 Å². The van der Waals surface area contributed by atoms with Gasteiger partial charge in [-0.25, -0.2) is 4.98 Å². The Balaban J connectivity index is 1.63. The Hall–Kier alpha value is -3.77. The van der Waals surface area contributed by atoms with Crippen LogP contribution in [0.3, 0.4) is 0 Å². The van der Waals surface area contributed by atoms with Crippen molar-refractivity contribution in [2.45, 2.75) is 13.0 Å². The van der Waals surface area contributed by atoms with Crippen molar-refractivity contribution < 1.29 is 9.53 Å². The number of aromatic nitrogens is 2. The van der Waals surface area contributed by atoms with E-state index in [0.29, 0.717) is 22.2 Å². The molecule has 0 saturated heterocycles. The van der Waals surface area contributed by atoms with E-state index < -0.39 is 6.04 Å². The molecular formula is C25H21ClN4O2. The minimum absolute atomic E-state index is 0.200. The Morgan fingerprint density at radius 2 is 1.88 bits per heavy atom. The number of rotatable bonds is 4. The SMILES string of the molecule is COc1ccc(NC(=O)C2=C(C)Nc3nc4ccccc4n3[C@@H]2c2cccc(Cl)c2)cc1. The fourth-order valence-corrected chi connectivity index (χ4v) is 4.32. The number of carbonyl (C=O) groups excluding carboxylic acids is 1. The van der Waals surface area contributed by atoms with Crippen molar-refractivity contribution >= 4 is 40.2 Å². The Labute approximate surface area is 190 Å². The number of allylic oxidation sites excluding steroid dienone is 1. The van der Waals surface area contributed by atoms with E-state index in [1.54, 1.807) is 7.11 Å². The van der Waals surface area contributed by atoms with Crippen LogP contribution >= 0.6 is 11.6 Å². The first-order valence-corrected chi connectivity index (χ1v) is 10.6. The van der Waals surface area contributed by atoms with Crippen molar-refractivity contribution in [3.8, 4) is 5.75 Å². The molecule has 1 aliphatic rings. The molecule has 0 aliphatic carbocycles. The van der Waals surface area contributed by atoms with E-state index in [2.05, 4.69) is 15.2 Å². The van der Waals surface area contributed by atoms with Crippen molar-refractivity contribution in [1.29, 1.82) is 0 Å². The number of nitrogens with zero attached hydrogens (tertiary/aromatic N) is 2. The number of hydrogen-bond acceptors (Lipinski definition) is 4. The summed E-state index contributed by atoms with van der Waals surface area (Å²) in [5, 5.41) is 6.95. The second-order valence-electron chi connectivity index (χ2n) is 7.60. The third-order valence-electron chi connectivity index (χ3n) is 5.59. The van der Waals surface area contributed by atoms with Gasteiger partial charge in [0.05, 0.1) is 29.8 Å². The van der Waals surface area contributed by atoms with Gasteiger partial charge in [-0.1, -0.05) is 35.9 Å². The Morgan fingerprint density at radius 1 is 1.09 bits per heavy atom. The van der Waals surface area contributed by atoms with Crippen LogP contribution in [0.1, 0.15) is 18.5 Å². The van der Waals surface area contributed by atoms with Gasteiger partial charge in [-0.2, -0.15) is 0 Å². The summed E-state index contributed by atoms with van der Waals surface area (Å²) in [6.07, 6.45) is 0. The van der Waals surface area contributed by atoms with E-state index in [4.69, 9.17) is 21.3 Å². The minimum Gasteiger partial charge on any atom is -0.497 e. The zero-order valence-corrected chi connectivity index (χ0v) is 18.4. The zero-order valence-electron chi connectivity index (χ0n) is 17.6. The van der Waals surface area contributed by atoms with Crippen molar-refractivity contribution in [2.75, 3.05) is 17.7 Å². The summed E-state index contributed by atoms with van der Waals surface area (Å²) < 4.78 is 7.26. The monoisotopic (exact) mass is 444 g/mol. The lowest BCUT2D eigenvalue weighted by atomic mass is 9.94. The van der Waals surface area contributed by atoms with E-state index in [1.807, 2.05) is 79.7 Å². The molecular weight excluding hydrogens is 424 g/mol. The molecule has 2 N–H and O–H groups in total. The lowest BCUT2D eigenvalue weighted by molar-refractivity contribution is -0.113. The van der Waals surface area contributed by atoms with Crippen molar-refractivity contribution in [3.63, 3.8) is 0 Å². The summed E-state index contributed by atoms with van der Waals surface area (Å²) >= 11 is 6.34. The van der Waals surface area contributed by atoms with Crippen LogP contribution in [-0.2, 0) is 4.79 Å². The maximum atomic E-state index is 13.6. The first-order valence-electron chi connectivity index (χ1n) is 10.2. The highest BCUT2D eigenvalue weighted by Crippen LogP contribution is 2.40. The molecule has 0 saturated carbocycles. The third-order valence-corrected chi connectivity index (χ3v) is 5.82. The number of nitrogens with one attached hydrogen (secondary N) is 2. The fraction of sp³-hybridized carbons (Fsp3) is 0.120. The molecule has 0 spiro atoms. The van der Waals surface area contributed by atoms with Crippen LogP contribution in [0.4, 0.5) is 11.6 Å². The molecule has 1 atom stereocenters. The summed E-state index contributed by atoms with van der Waals surface area (Å²) in [5.41, 5.74) is 4.71. The standard InChI is InChI=1S/C25H21ClN4O2/c1-15-22(24(31)28-18-10-12-19(32-2)13-11-18)23(16-6-5-7-17(26)14-16)30-21-9-4-3-8-20(21)29-25(30)27-15/h3-14,23H,1-2H3,(H,27,29)(H,28,31)/t23-/m1/s1. The molecule has 32 heavy (non-hydrogen) atoms. The van der Waals surface area contributed by atoms with Crippen LogP contribution in [0.2, 0.25) is 5.02 Å². The number of amides is 1. The summed E-state index contributed by atoms with van der Waals surface area (Å²) in [4.78, 5) is 18.3. The second kappa shape index (κ2) is 8.05. The van der Waals surface area contributed by atoms with Gasteiger partial charge >= 0.3 is 0 Å². The molecule has 7 heteroatoms. The summed E-state index contributed by atoms with van der Waals surface area (Å²) in [7, 11) is 1.61. The third kappa shape index (κ3) is 3.48. The van der Waals surface area contributed by atoms with Crippen LogP contribution in [0.5, 0.6) is 5.75 Å². The molecule has 5 rings (SSSR count). The number of carbonyl (C=O) groups is 1. The van der Waals surface area contributed by atoms with Gasteiger partial charge < -0.3 is 15.4 Å². The number of ether oxygens (including phenoxy) is 1. The fourth-order valence-electron chi connectivity index (χ4n) is 4.12. The first-order chi connectivity index (χ1) is 15.5. The largest absolute Gasteiger partial charge is 0.497 e. The molecule has 1 aliphatic heterocycles. The molecule has 0 bridgehead atoms. The molecule has 0 radical (unpaired) electrons. The lowest BCUT2D eigenvalue weighted by Crippen LogP contribution is -2.30. The molecule has 0 fully saturated rings. The van der Waals surface area contributed by atoms with Gasteiger partial charge in [0.1, 0.15) is 5.75 Å². The number of halogens is 1. The summed E-state index contributed by atoms with van der Waals surface area (Å²) in [6, 6.07) is 22.3. The minimum atomic E-state index is -0.393. The number of anilines is 2. The van der Waals surface area contributed by atoms with Crippen LogP contribution in [0, 0.1) is 0 Å². The summed E-state index contributed by atoms with van der Waals surface area (Å²) in [6.45, 7) is 1.89. The van der Waals surface area contributed by atoms with Gasteiger partial charge in [-0.05, 0) is 61.0 Å². The predicted molar refractivity (Wildman–Crippen MR) is 127 cm³/mol. The van der Waals surface area contributed by atoms with Crippen molar-refractivity contribution in [2.24, 2.45) is 0 Å². The Kier molecular flexibility index (Phi) is 5.07. The number of fused-ring (bicyclic) bond motifs is 3. The lowest BCUT2D eigenvalue weighted by Gasteiger charge is -2.30. The second-order valence-corrected chi connectivity index (χ2v) is 8.03. The van der Waals surface area contributed by atoms with Gasteiger partial charge in [-0.15, -0.1) is 0 Å². The van der Waals surface area contributed by atoms with E-state index >= 15 is 0 Å². The van der Waals surface area contributed by atoms with Gasteiger partial charge in [-0.3, -0.25) is 9.36 Å². The van der Waals surface area contributed by atoms with Crippen molar-refractivity contribution in [1.82, 2.24) is 9.55 Å². The van der Waals surface area contributed by atoms with Crippen LogP contribution in [-0.4, -0.2) is 22.6 Å². The van der Waals surface area contributed by atoms with E-state index in [9.17, 15) is 4.79 Å². The molecule has 2 heterocycles. The highest BCUT2D eigenvalue weighted by atomic mass is 35.5. The number of benzene rings is 3. The van der Waals surface area contributed by atoms with Crippen LogP contribution < -0.4 is 15.4 Å². The molecule has 1 amide bonds. The van der Waals surface area contributed by atoms with E-state index in [0.717, 1.165) is 28.0 Å². The Bertz CT molecular complexity index is 1360. The van der Waals surface area contributed by atoms with Gasteiger partial charge in [0.2, 0.25) is 5.95 Å². The highest BCUT2D eigenvalue weighted by Gasteiger charge is 2.34. The predicted octanol–water partition coefficient (Wildman–Crippen LogP) is 5.63. The van der Waals surface area contributed by atoms with Crippen LogP contribution in [0.15, 0.2) is 84.1 Å². The maximum absolute atomic E-state index is 13.6. The van der Waals surface area contributed by atoms with Gasteiger partial charge in [0, 0.05) is 16.4 Å². The average molecular weight is 445 g/mol. The van der Waals surface area contributed by atoms with E-state index in [-0.39, 0.29) is 5.91 Å². The number of para-hydroxylation sites is 2. The van der Waals surface area contributed by atoms with Gasteiger partial charge in [0.25, 0.3) is 5.91 Å². The zero-order chi connectivity index (χ0) is 22.2. The number of imidazole rings is 1. The average Bonchev–Trinajstić information content (AvgIpc) is 3.16. The van der Waals surface area contributed by atoms with Gasteiger partial charge in [0.15, 0.2) is 0 Å².